The molecule has 18 heteroatoms. The molecule has 3 heterocycles. The second kappa shape index (κ2) is 13.2. The Hall–Kier alpha value is -3.16. The highest BCUT2D eigenvalue weighted by Crippen LogP contribution is 2.25. The third kappa shape index (κ3) is 8.07. The molecule has 0 aliphatic carbocycles. The molecule has 2 aliphatic rings. The molecule has 4 atom stereocenters. The van der Waals surface area contributed by atoms with Gasteiger partial charge in [-0.25, -0.2) is 16.8 Å². The summed E-state index contributed by atoms with van der Waals surface area (Å²) in [4.78, 5) is 17.3. The number of hydrogen-bond acceptors (Lipinski definition) is 14. The average molecular weight is 654 g/mol. The average Bonchev–Trinajstić information content (AvgIpc) is 2.92. The van der Waals surface area contributed by atoms with E-state index in [0.29, 0.717) is 56.6 Å². The standard InChI is InChI=1S/C25H35N11O4S2.ClH/c26-16-10-17(27)13-35(12-16)24-31-23(32-25(33-24)36-14-18(28)11-19(29)15-36)30-20-6-8-22(9-7-20)42(39,40)34-41(37,38)21-4-2-1-3-5-21;/h1-9,16-19,34H,10-15,26-29H2,(H,30,31,32,33);1H/t16-,17+,18-,19+;. The van der Waals surface area contributed by atoms with E-state index in [4.69, 9.17) is 22.9 Å². The number of nitrogens with two attached hydrogens (primary N) is 4. The Kier molecular flexibility index (Phi) is 10.1. The van der Waals surface area contributed by atoms with Crippen LogP contribution in [0, 0.1) is 0 Å². The molecule has 234 valence electrons. The predicted molar refractivity (Wildman–Crippen MR) is 166 cm³/mol. The number of nitrogens with one attached hydrogen (secondary N) is 2. The topological polar surface area (TPSA) is 242 Å². The van der Waals surface area contributed by atoms with Crippen molar-refractivity contribution in [2.24, 2.45) is 22.9 Å². The number of hydrogen-bond donors (Lipinski definition) is 6. The first-order valence-corrected chi connectivity index (χ1v) is 16.3. The van der Waals surface area contributed by atoms with Gasteiger partial charge < -0.3 is 38.1 Å². The third-order valence-electron chi connectivity index (χ3n) is 6.90. The van der Waals surface area contributed by atoms with Gasteiger partial charge in [-0.05, 0) is 49.2 Å². The van der Waals surface area contributed by atoms with Crippen molar-refractivity contribution in [2.75, 3.05) is 41.3 Å². The van der Waals surface area contributed by atoms with E-state index in [-0.39, 0.29) is 52.3 Å². The molecule has 0 radical (unpaired) electrons. The maximum atomic E-state index is 12.8. The minimum atomic E-state index is -4.39. The van der Waals surface area contributed by atoms with E-state index in [9.17, 15) is 16.8 Å². The molecule has 0 spiro atoms. The third-order valence-corrected chi connectivity index (χ3v) is 10.4. The lowest BCUT2D eigenvalue weighted by Gasteiger charge is -2.37. The van der Waals surface area contributed by atoms with Crippen LogP contribution in [-0.4, -0.2) is 82.1 Å². The first-order chi connectivity index (χ1) is 19.9. The molecule has 2 aliphatic heterocycles. The van der Waals surface area contributed by atoms with E-state index < -0.39 is 20.0 Å². The van der Waals surface area contributed by atoms with Gasteiger partial charge in [0.2, 0.25) is 17.8 Å². The van der Waals surface area contributed by atoms with Crippen molar-refractivity contribution in [3.63, 3.8) is 0 Å². The van der Waals surface area contributed by atoms with Crippen LogP contribution in [0.4, 0.5) is 23.5 Å². The van der Waals surface area contributed by atoms with Gasteiger partial charge in [-0.2, -0.15) is 15.0 Å². The van der Waals surface area contributed by atoms with Crippen molar-refractivity contribution in [1.29, 1.82) is 0 Å². The summed E-state index contributed by atoms with van der Waals surface area (Å²) in [6.07, 6.45) is 1.37. The van der Waals surface area contributed by atoms with Crippen molar-refractivity contribution in [3.8, 4) is 0 Å². The smallest absolute Gasteiger partial charge is 0.253 e. The van der Waals surface area contributed by atoms with Gasteiger partial charge in [0.05, 0.1) is 9.79 Å². The Morgan fingerprint density at radius 3 is 1.49 bits per heavy atom. The normalized spacial score (nSPS) is 23.0. The number of aromatic nitrogens is 3. The molecule has 5 rings (SSSR count). The van der Waals surface area contributed by atoms with Crippen LogP contribution in [0.3, 0.4) is 0 Å². The molecule has 0 saturated carbocycles. The van der Waals surface area contributed by atoms with Crippen molar-refractivity contribution >= 4 is 56.0 Å². The molecule has 15 nitrogen and oxygen atoms in total. The zero-order chi connectivity index (χ0) is 30.1. The van der Waals surface area contributed by atoms with Crippen LogP contribution in [0.5, 0.6) is 0 Å². The maximum Gasteiger partial charge on any atom is 0.253 e. The Balaban J connectivity index is 0.00000423. The van der Waals surface area contributed by atoms with Crippen molar-refractivity contribution in [2.45, 2.75) is 46.8 Å². The van der Waals surface area contributed by atoms with Gasteiger partial charge in [0.15, 0.2) is 0 Å². The minimum Gasteiger partial charge on any atom is -0.338 e. The summed E-state index contributed by atoms with van der Waals surface area (Å²) in [5, 5.41) is 3.09. The molecule has 0 unspecified atom stereocenters. The van der Waals surface area contributed by atoms with E-state index in [1.807, 2.05) is 9.80 Å². The van der Waals surface area contributed by atoms with Crippen molar-refractivity contribution in [1.82, 2.24) is 19.1 Å². The van der Waals surface area contributed by atoms with E-state index in [2.05, 4.69) is 20.3 Å². The highest BCUT2D eigenvalue weighted by molar-refractivity contribution is 8.04. The van der Waals surface area contributed by atoms with Crippen LogP contribution in [0.25, 0.3) is 0 Å². The van der Waals surface area contributed by atoms with Crippen LogP contribution in [0.1, 0.15) is 12.8 Å². The number of sulfonamides is 2. The van der Waals surface area contributed by atoms with Gasteiger partial charge in [-0.1, -0.05) is 18.2 Å². The lowest BCUT2D eigenvalue weighted by Crippen LogP contribution is -2.54. The summed E-state index contributed by atoms with van der Waals surface area (Å²) >= 11 is 0. The first kappa shape index (κ1) is 32.7. The Labute approximate surface area is 256 Å². The van der Waals surface area contributed by atoms with Gasteiger partial charge in [0.1, 0.15) is 0 Å². The summed E-state index contributed by atoms with van der Waals surface area (Å²) in [5.74, 6) is 0.974. The Morgan fingerprint density at radius 1 is 0.628 bits per heavy atom. The van der Waals surface area contributed by atoms with Crippen LogP contribution < -0.4 is 42.2 Å². The molecule has 43 heavy (non-hydrogen) atoms. The van der Waals surface area contributed by atoms with Gasteiger partial charge in [0, 0.05) is 56.0 Å². The van der Waals surface area contributed by atoms with Crippen LogP contribution in [-0.2, 0) is 20.0 Å². The summed E-state index contributed by atoms with van der Waals surface area (Å²) in [5.41, 5.74) is 25.3. The molecular weight excluding hydrogens is 618 g/mol. The van der Waals surface area contributed by atoms with E-state index in [0.717, 1.165) is 0 Å². The zero-order valence-corrected chi connectivity index (χ0v) is 25.6. The first-order valence-electron chi connectivity index (χ1n) is 13.4. The molecule has 0 bridgehead atoms. The van der Waals surface area contributed by atoms with Gasteiger partial charge in [0.25, 0.3) is 20.0 Å². The number of rotatable bonds is 8. The fourth-order valence-corrected chi connectivity index (χ4v) is 8.00. The molecule has 10 N–H and O–H groups in total. The van der Waals surface area contributed by atoms with Crippen LogP contribution in [0.2, 0.25) is 0 Å². The second-order valence-electron chi connectivity index (χ2n) is 10.6. The van der Waals surface area contributed by atoms with Gasteiger partial charge in [-0.15, -0.1) is 16.5 Å². The zero-order valence-electron chi connectivity index (χ0n) is 23.2. The Morgan fingerprint density at radius 2 is 1.05 bits per heavy atom. The van der Waals surface area contributed by atoms with Crippen molar-refractivity contribution in [3.05, 3.63) is 54.6 Å². The largest absolute Gasteiger partial charge is 0.338 e. The van der Waals surface area contributed by atoms with E-state index in [1.54, 1.807) is 10.2 Å². The summed E-state index contributed by atoms with van der Waals surface area (Å²) < 4.78 is 52.6. The van der Waals surface area contributed by atoms with E-state index in [1.165, 1.54) is 48.5 Å². The highest BCUT2D eigenvalue weighted by atomic mass is 35.5. The molecular formula is C25H36ClN11O4S2. The SMILES string of the molecule is Cl.N[C@@H]1C[C@H](N)CN(c2nc(Nc3ccc(S(=O)(=O)NS(=O)(=O)c4ccccc4)cc3)nc(N3C[C@H](N)C[C@H](N)C3)n2)C1. The van der Waals surface area contributed by atoms with Gasteiger partial charge >= 0.3 is 0 Å². The predicted octanol–water partition coefficient (Wildman–Crippen LogP) is -0.566. The fraction of sp³-hybridized carbons (Fsp3) is 0.400. The Bertz CT molecular complexity index is 1550. The lowest BCUT2D eigenvalue weighted by molar-refractivity contribution is 0.441. The summed E-state index contributed by atoms with van der Waals surface area (Å²) in [6, 6.07) is 12.2. The number of anilines is 4. The van der Waals surface area contributed by atoms with Crippen molar-refractivity contribution < 1.29 is 16.8 Å². The fourth-order valence-electron chi connectivity index (χ4n) is 5.06. The van der Waals surface area contributed by atoms with E-state index >= 15 is 0 Å². The van der Waals surface area contributed by atoms with Gasteiger partial charge in [-0.3, -0.25) is 0 Å². The highest BCUT2D eigenvalue weighted by Gasteiger charge is 2.29. The molecule has 2 fully saturated rings. The number of nitrogens with zero attached hydrogens (tertiary/aromatic N) is 5. The monoisotopic (exact) mass is 653 g/mol. The molecule has 0 amide bonds. The molecule has 3 aromatic rings. The summed E-state index contributed by atoms with van der Waals surface area (Å²) in [6.45, 7) is 2.06. The number of halogens is 1. The minimum absolute atomic E-state index is 0. The molecule has 2 saturated heterocycles. The molecule has 1 aromatic heterocycles. The number of piperidine rings is 2. The quantitative estimate of drug-likeness (QED) is 0.178. The number of benzene rings is 2. The summed E-state index contributed by atoms with van der Waals surface area (Å²) in [7, 11) is -8.68. The van der Waals surface area contributed by atoms with Crippen LogP contribution in [0.15, 0.2) is 64.4 Å². The maximum absolute atomic E-state index is 12.8. The molecule has 2 aromatic carbocycles. The second-order valence-corrected chi connectivity index (χ2v) is 14.3. The lowest BCUT2D eigenvalue weighted by atomic mass is 10.0. The van der Waals surface area contributed by atoms with Crippen LogP contribution >= 0.6 is 12.4 Å².